The number of carbonyl (C=O) groups excluding carboxylic acids is 1. The van der Waals surface area contributed by atoms with E-state index in [9.17, 15) is 10.1 Å². The van der Waals surface area contributed by atoms with Gasteiger partial charge in [-0.05, 0) is 36.2 Å². The highest BCUT2D eigenvalue weighted by molar-refractivity contribution is 7.10. The van der Waals surface area contributed by atoms with Gasteiger partial charge in [0.2, 0.25) is 0 Å². The second-order valence-electron chi connectivity index (χ2n) is 7.68. The van der Waals surface area contributed by atoms with E-state index in [-0.39, 0.29) is 29.1 Å². The van der Waals surface area contributed by atoms with E-state index in [2.05, 4.69) is 36.3 Å². The van der Waals surface area contributed by atoms with Gasteiger partial charge in [0.15, 0.2) is 5.82 Å². The normalized spacial score (nSPS) is 16.4. The molecule has 1 atom stereocenters. The van der Waals surface area contributed by atoms with Gasteiger partial charge in [0, 0.05) is 10.3 Å². The average molecular weight is 367 g/mol. The van der Waals surface area contributed by atoms with Gasteiger partial charge in [-0.3, -0.25) is 9.89 Å². The van der Waals surface area contributed by atoms with Crippen LogP contribution in [0.4, 0.5) is 5.82 Å². The Labute approximate surface area is 156 Å². The van der Waals surface area contributed by atoms with Gasteiger partial charge in [0.05, 0.1) is 23.7 Å². The fourth-order valence-corrected chi connectivity index (χ4v) is 4.57. The van der Waals surface area contributed by atoms with Crippen LogP contribution in [0, 0.1) is 34.0 Å². The van der Waals surface area contributed by atoms with E-state index in [1.54, 1.807) is 11.3 Å². The molecule has 2 aromatic heterocycles. The molecule has 2 N–H and O–H groups in total. The average Bonchev–Trinajstić information content (AvgIpc) is 3.17. The number of nitrogens with one attached hydrogen (secondary N) is 2. The molecule has 6 nitrogen and oxygen atoms in total. The van der Waals surface area contributed by atoms with Gasteiger partial charge < -0.3 is 5.32 Å². The number of aromatic nitrogens is 2. The number of hydrogen-bond donors (Lipinski definition) is 2. The van der Waals surface area contributed by atoms with E-state index >= 15 is 0 Å². The lowest BCUT2D eigenvalue weighted by atomic mass is 9.72. The third-order valence-corrected chi connectivity index (χ3v) is 6.12. The molecule has 7 heteroatoms. The van der Waals surface area contributed by atoms with Crippen LogP contribution in [0.5, 0.6) is 0 Å². The first kappa shape index (κ1) is 18.2. The molecule has 0 fully saturated rings. The first-order valence-corrected chi connectivity index (χ1v) is 9.48. The van der Waals surface area contributed by atoms with Crippen molar-refractivity contribution in [3.05, 3.63) is 32.6 Å². The molecule has 0 aliphatic heterocycles. The smallest absolute Gasteiger partial charge is 0.258 e. The molecule has 1 amide bonds. The fraction of sp³-hybridized carbons (Fsp3) is 0.474. The van der Waals surface area contributed by atoms with E-state index in [1.165, 1.54) is 4.88 Å². The van der Waals surface area contributed by atoms with Crippen molar-refractivity contribution in [1.29, 1.82) is 10.5 Å². The fourth-order valence-electron chi connectivity index (χ4n) is 3.41. The summed E-state index contributed by atoms with van der Waals surface area (Å²) in [4.78, 5) is 14.0. The minimum atomic E-state index is -0.247. The highest BCUT2D eigenvalue weighted by Gasteiger charge is 2.32. The van der Waals surface area contributed by atoms with Crippen molar-refractivity contribution in [2.45, 2.75) is 46.5 Å². The van der Waals surface area contributed by atoms with Gasteiger partial charge in [-0.15, -0.1) is 11.3 Å². The number of nitrogens with zero attached hydrogens (tertiary/aromatic N) is 3. The third kappa shape index (κ3) is 3.36. The number of carbonyl (C=O) groups is 1. The van der Waals surface area contributed by atoms with E-state index in [1.807, 2.05) is 17.5 Å². The second kappa shape index (κ2) is 6.93. The minimum Gasteiger partial charge on any atom is -0.304 e. The molecule has 0 saturated carbocycles. The van der Waals surface area contributed by atoms with Crippen LogP contribution in [0.1, 0.15) is 59.2 Å². The van der Waals surface area contributed by atoms with Gasteiger partial charge in [-0.2, -0.15) is 15.6 Å². The quantitative estimate of drug-likeness (QED) is 0.860. The first-order chi connectivity index (χ1) is 12.3. The summed E-state index contributed by atoms with van der Waals surface area (Å²) in [5.74, 6) is 0.559. The van der Waals surface area contributed by atoms with Crippen molar-refractivity contribution in [2.24, 2.45) is 11.3 Å². The third-order valence-electron chi connectivity index (χ3n) is 5.07. The number of rotatable bonds is 3. The zero-order chi connectivity index (χ0) is 18.9. The van der Waals surface area contributed by atoms with Gasteiger partial charge in [-0.25, -0.2) is 0 Å². The van der Waals surface area contributed by atoms with Crippen molar-refractivity contribution < 1.29 is 4.79 Å². The second-order valence-corrected chi connectivity index (χ2v) is 8.65. The summed E-state index contributed by atoms with van der Waals surface area (Å²) in [5, 5.41) is 29.4. The Morgan fingerprint density at radius 2 is 2.23 bits per heavy atom. The summed E-state index contributed by atoms with van der Waals surface area (Å²) in [6, 6.07) is 3.98. The monoisotopic (exact) mass is 367 g/mol. The van der Waals surface area contributed by atoms with Crippen LogP contribution < -0.4 is 5.32 Å². The Bertz CT molecular complexity index is 919. The van der Waals surface area contributed by atoms with Gasteiger partial charge >= 0.3 is 0 Å². The Morgan fingerprint density at radius 3 is 2.88 bits per heavy atom. The van der Waals surface area contributed by atoms with Crippen LogP contribution >= 0.6 is 11.3 Å². The Hall–Kier alpha value is -2.64. The molecule has 134 valence electrons. The number of nitriles is 2. The van der Waals surface area contributed by atoms with E-state index in [4.69, 9.17) is 5.26 Å². The SMILES string of the molecule is CC(C)(C)C1CCc2c(C(=O)Nc3n[nH]c(CC#N)c3C#N)csc2C1. The standard InChI is InChI=1S/C19H21N5OS/c1-19(2,3)11-4-5-12-14(10-26-16(12)8-11)18(25)22-17-13(9-21)15(6-7-20)23-24-17/h10-11H,4-6,8H2,1-3H3,(H2,22,23,24,25). The number of fused-ring (bicyclic) bond motifs is 1. The van der Waals surface area contributed by atoms with Crippen LogP contribution in [-0.4, -0.2) is 16.1 Å². The number of thiophene rings is 1. The molecule has 1 aliphatic carbocycles. The van der Waals surface area contributed by atoms with Crippen LogP contribution in [0.15, 0.2) is 5.38 Å². The van der Waals surface area contributed by atoms with Crippen molar-refractivity contribution in [3.8, 4) is 12.1 Å². The lowest BCUT2D eigenvalue weighted by molar-refractivity contribution is 0.102. The zero-order valence-corrected chi connectivity index (χ0v) is 16.0. The van der Waals surface area contributed by atoms with Gasteiger partial charge in [0.25, 0.3) is 5.91 Å². The molecule has 1 unspecified atom stereocenters. The summed E-state index contributed by atoms with van der Waals surface area (Å²) < 4.78 is 0. The summed E-state index contributed by atoms with van der Waals surface area (Å²) in [5.41, 5.74) is 2.70. The first-order valence-electron chi connectivity index (χ1n) is 8.60. The van der Waals surface area contributed by atoms with E-state index < -0.39 is 0 Å². The van der Waals surface area contributed by atoms with Gasteiger partial charge in [-0.1, -0.05) is 20.8 Å². The van der Waals surface area contributed by atoms with Crippen molar-refractivity contribution in [2.75, 3.05) is 5.32 Å². The minimum absolute atomic E-state index is 0.0494. The molecule has 2 heterocycles. The van der Waals surface area contributed by atoms with E-state index in [0.717, 1.165) is 24.8 Å². The molecule has 0 saturated heterocycles. The maximum absolute atomic E-state index is 12.7. The Balaban J connectivity index is 1.81. The molecular formula is C19H21N5OS. The van der Waals surface area contributed by atoms with Crippen molar-refractivity contribution in [1.82, 2.24) is 10.2 Å². The number of anilines is 1. The molecule has 26 heavy (non-hydrogen) atoms. The van der Waals surface area contributed by atoms with Crippen LogP contribution in [-0.2, 0) is 19.3 Å². The number of aromatic amines is 1. The maximum atomic E-state index is 12.7. The molecular weight excluding hydrogens is 346 g/mol. The number of H-pyrrole nitrogens is 1. The molecule has 0 spiro atoms. The van der Waals surface area contributed by atoms with Crippen LogP contribution in [0.25, 0.3) is 0 Å². The Morgan fingerprint density at radius 1 is 1.46 bits per heavy atom. The maximum Gasteiger partial charge on any atom is 0.258 e. The van der Waals surface area contributed by atoms with Crippen LogP contribution in [0.2, 0.25) is 0 Å². The van der Waals surface area contributed by atoms with Crippen molar-refractivity contribution in [3.63, 3.8) is 0 Å². The highest BCUT2D eigenvalue weighted by Crippen LogP contribution is 2.40. The predicted molar refractivity (Wildman–Crippen MR) is 99.9 cm³/mol. The lowest BCUT2D eigenvalue weighted by Gasteiger charge is -2.34. The number of hydrogen-bond acceptors (Lipinski definition) is 5. The summed E-state index contributed by atoms with van der Waals surface area (Å²) in [6.45, 7) is 6.80. The summed E-state index contributed by atoms with van der Waals surface area (Å²) >= 11 is 1.64. The lowest BCUT2D eigenvalue weighted by Crippen LogP contribution is -2.27. The summed E-state index contributed by atoms with van der Waals surface area (Å²) in [7, 11) is 0. The Kier molecular flexibility index (Phi) is 4.84. The topological polar surface area (TPSA) is 105 Å². The molecule has 1 aliphatic rings. The van der Waals surface area contributed by atoms with Crippen molar-refractivity contribution >= 4 is 23.1 Å². The predicted octanol–water partition coefficient (Wildman–Crippen LogP) is 3.81. The zero-order valence-electron chi connectivity index (χ0n) is 15.1. The largest absolute Gasteiger partial charge is 0.304 e. The highest BCUT2D eigenvalue weighted by atomic mass is 32.1. The molecule has 0 radical (unpaired) electrons. The molecule has 3 rings (SSSR count). The molecule has 2 aromatic rings. The molecule has 0 aromatic carbocycles. The summed E-state index contributed by atoms with van der Waals surface area (Å²) in [6.07, 6.45) is 3.03. The van der Waals surface area contributed by atoms with Gasteiger partial charge in [0.1, 0.15) is 11.6 Å². The number of amides is 1. The van der Waals surface area contributed by atoms with Crippen LogP contribution in [0.3, 0.4) is 0 Å². The molecule has 0 bridgehead atoms. The van der Waals surface area contributed by atoms with E-state index in [0.29, 0.717) is 17.2 Å².